The van der Waals surface area contributed by atoms with Crippen LogP contribution in [-0.2, 0) is 6.42 Å². The Morgan fingerprint density at radius 2 is 1.74 bits per heavy atom. The number of hydrogen-bond donors (Lipinski definition) is 1. The summed E-state index contributed by atoms with van der Waals surface area (Å²) in [4.78, 5) is 2.23. The van der Waals surface area contributed by atoms with E-state index in [1.54, 1.807) is 0 Å². The summed E-state index contributed by atoms with van der Waals surface area (Å²) in [6.07, 6.45) is 1.04. The second-order valence-corrected chi connectivity index (χ2v) is 6.40. The zero-order valence-corrected chi connectivity index (χ0v) is 13.8. The molecule has 1 aliphatic heterocycles. The lowest BCUT2D eigenvalue weighted by Gasteiger charge is -2.26. The maximum absolute atomic E-state index is 5.73. The quantitative estimate of drug-likeness (QED) is 0.637. The summed E-state index contributed by atoms with van der Waals surface area (Å²) in [5.41, 5.74) is 3.64. The molecule has 3 aromatic rings. The topological polar surface area (TPSA) is 15.3 Å². The monoisotopic (exact) mass is 318 g/mol. The van der Waals surface area contributed by atoms with Crippen LogP contribution in [0.4, 0.5) is 11.4 Å². The van der Waals surface area contributed by atoms with Gasteiger partial charge in [-0.15, -0.1) is 0 Å². The summed E-state index contributed by atoms with van der Waals surface area (Å²) in [6.45, 7) is 2.22. The first kappa shape index (κ1) is 14.2. The van der Waals surface area contributed by atoms with Crippen LogP contribution in [0.15, 0.2) is 66.7 Å². The fourth-order valence-electron chi connectivity index (χ4n) is 3.38. The van der Waals surface area contributed by atoms with Gasteiger partial charge >= 0.3 is 0 Å². The van der Waals surface area contributed by atoms with Crippen LogP contribution in [0.5, 0.6) is 0 Å². The Morgan fingerprint density at radius 3 is 2.65 bits per heavy atom. The highest BCUT2D eigenvalue weighted by Crippen LogP contribution is 2.33. The van der Waals surface area contributed by atoms with E-state index in [4.69, 9.17) is 12.2 Å². The van der Waals surface area contributed by atoms with Crippen LogP contribution >= 0.6 is 12.2 Å². The maximum Gasteiger partial charge on any atom is 0.178 e. The third-order valence-corrected chi connectivity index (χ3v) is 4.76. The summed E-state index contributed by atoms with van der Waals surface area (Å²) >= 11 is 5.73. The van der Waals surface area contributed by atoms with Gasteiger partial charge in [-0.2, -0.15) is 0 Å². The number of para-hydroxylation sites is 1. The molecule has 0 amide bonds. The van der Waals surface area contributed by atoms with Crippen molar-refractivity contribution < 1.29 is 0 Å². The molecule has 1 N–H and O–H groups in total. The van der Waals surface area contributed by atoms with Gasteiger partial charge in [0.1, 0.15) is 0 Å². The highest BCUT2D eigenvalue weighted by atomic mass is 32.1. The first-order chi connectivity index (χ1) is 11.2. The molecule has 0 saturated carbocycles. The second kappa shape index (κ2) is 5.67. The van der Waals surface area contributed by atoms with Crippen LogP contribution in [0.2, 0.25) is 0 Å². The standard InChI is InChI=1S/C20H18N2S/c1-14-13-16-8-3-5-12-19(16)22(14)20(23)21-18-11-6-9-15-7-2-4-10-17(15)18/h2-12,14H,13H2,1H3,(H,21,23)/t14-/m0/s1. The van der Waals surface area contributed by atoms with Gasteiger partial charge in [0.05, 0.1) is 0 Å². The Bertz CT molecular complexity index is 882. The molecule has 4 rings (SSSR count). The van der Waals surface area contributed by atoms with E-state index >= 15 is 0 Å². The summed E-state index contributed by atoms with van der Waals surface area (Å²) in [5.74, 6) is 0. The highest BCUT2D eigenvalue weighted by molar-refractivity contribution is 7.80. The van der Waals surface area contributed by atoms with Crippen molar-refractivity contribution in [3.8, 4) is 0 Å². The number of benzene rings is 3. The number of fused-ring (bicyclic) bond motifs is 2. The summed E-state index contributed by atoms with van der Waals surface area (Å²) in [6, 6.07) is 23.5. The molecule has 0 bridgehead atoms. The Hall–Kier alpha value is -2.39. The predicted molar refractivity (Wildman–Crippen MR) is 102 cm³/mol. The average Bonchev–Trinajstić information content (AvgIpc) is 2.91. The average molecular weight is 318 g/mol. The Labute approximate surface area is 141 Å². The van der Waals surface area contributed by atoms with E-state index in [1.807, 2.05) is 0 Å². The van der Waals surface area contributed by atoms with Gasteiger partial charge < -0.3 is 10.2 Å². The van der Waals surface area contributed by atoms with Crippen molar-refractivity contribution in [2.75, 3.05) is 10.2 Å². The van der Waals surface area contributed by atoms with E-state index in [0.29, 0.717) is 6.04 Å². The van der Waals surface area contributed by atoms with Gasteiger partial charge in [0.2, 0.25) is 0 Å². The van der Waals surface area contributed by atoms with Crippen molar-refractivity contribution in [1.29, 1.82) is 0 Å². The van der Waals surface area contributed by atoms with E-state index in [9.17, 15) is 0 Å². The number of nitrogens with one attached hydrogen (secondary N) is 1. The van der Waals surface area contributed by atoms with Crippen LogP contribution in [0.3, 0.4) is 0 Å². The predicted octanol–water partition coefficient (Wildman–Crippen LogP) is 4.99. The molecule has 0 spiro atoms. The number of thiocarbonyl (C=S) groups is 1. The molecule has 0 saturated heterocycles. The lowest BCUT2D eigenvalue weighted by Crippen LogP contribution is -2.38. The van der Waals surface area contributed by atoms with Crippen LogP contribution < -0.4 is 10.2 Å². The van der Waals surface area contributed by atoms with Crippen molar-refractivity contribution in [3.05, 3.63) is 72.3 Å². The van der Waals surface area contributed by atoms with E-state index in [-0.39, 0.29) is 0 Å². The molecular weight excluding hydrogens is 300 g/mol. The van der Waals surface area contributed by atoms with Crippen LogP contribution in [-0.4, -0.2) is 11.2 Å². The maximum atomic E-state index is 5.73. The smallest absolute Gasteiger partial charge is 0.178 e. The molecule has 2 nitrogen and oxygen atoms in total. The molecule has 1 atom stereocenters. The van der Waals surface area contributed by atoms with Gasteiger partial charge in [-0.1, -0.05) is 54.6 Å². The first-order valence-corrected chi connectivity index (χ1v) is 8.31. The van der Waals surface area contributed by atoms with Gasteiger partial charge in [0.15, 0.2) is 5.11 Å². The van der Waals surface area contributed by atoms with Crippen molar-refractivity contribution in [2.24, 2.45) is 0 Å². The molecule has 0 unspecified atom stereocenters. The fourth-order valence-corrected chi connectivity index (χ4v) is 3.77. The number of anilines is 2. The van der Waals surface area contributed by atoms with Gasteiger partial charge in [-0.3, -0.25) is 0 Å². The third-order valence-electron chi connectivity index (χ3n) is 4.46. The number of nitrogens with zero attached hydrogens (tertiary/aromatic N) is 1. The summed E-state index contributed by atoms with van der Waals surface area (Å²) in [5, 5.41) is 6.63. The summed E-state index contributed by atoms with van der Waals surface area (Å²) in [7, 11) is 0. The minimum atomic E-state index is 0.377. The normalized spacial score (nSPS) is 16.4. The van der Waals surface area contributed by atoms with Gasteiger partial charge in [0.25, 0.3) is 0 Å². The molecule has 114 valence electrons. The van der Waals surface area contributed by atoms with E-state index in [0.717, 1.165) is 17.2 Å². The molecule has 0 fully saturated rings. The lowest BCUT2D eigenvalue weighted by molar-refractivity contribution is 0.776. The van der Waals surface area contributed by atoms with Crippen molar-refractivity contribution in [3.63, 3.8) is 0 Å². The van der Waals surface area contributed by atoms with Crippen molar-refractivity contribution >= 4 is 39.5 Å². The van der Waals surface area contributed by atoms with Crippen molar-refractivity contribution in [1.82, 2.24) is 0 Å². The Balaban J connectivity index is 1.68. The molecule has 0 aromatic heterocycles. The minimum absolute atomic E-state index is 0.377. The van der Waals surface area contributed by atoms with Crippen LogP contribution in [0.25, 0.3) is 10.8 Å². The van der Waals surface area contributed by atoms with Crippen LogP contribution in [0, 0.1) is 0 Å². The van der Waals surface area contributed by atoms with E-state index in [1.165, 1.54) is 22.0 Å². The lowest BCUT2D eigenvalue weighted by atomic mass is 10.1. The molecule has 3 heteroatoms. The molecule has 0 aliphatic carbocycles. The Morgan fingerprint density at radius 1 is 1.00 bits per heavy atom. The zero-order chi connectivity index (χ0) is 15.8. The minimum Gasteiger partial charge on any atom is -0.332 e. The van der Waals surface area contributed by atoms with Gasteiger partial charge in [-0.05, 0) is 48.6 Å². The second-order valence-electron chi connectivity index (χ2n) is 6.01. The third kappa shape index (κ3) is 2.47. The zero-order valence-electron chi connectivity index (χ0n) is 13.0. The van der Waals surface area contributed by atoms with E-state index < -0.39 is 0 Å². The molecule has 1 heterocycles. The molecule has 23 heavy (non-hydrogen) atoms. The summed E-state index contributed by atoms with van der Waals surface area (Å²) < 4.78 is 0. The largest absolute Gasteiger partial charge is 0.332 e. The van der Waals surface area contributed by atoms with Crippen molar-refractivity contribution in [2.45, 2.75) is 19.4 Å². The number of hydrogen-bond acceptors (Lipinski definition) is 1. The fraction of sp³-hybridized carbons (Fsp3) is 0.150. The van der Waals surface area contributed by atoms with Crippen LogP contribution in [0.1, 0.15) is 12.5 Å². The molecule has 1 aliphatic rings. The van der Waals surface area contributed by atoms with Gasteiger partial charge in [-0.25, -0.2) is 0 Å². The molecule has 3 aromatic carbocycles. The first-order valence-electron chi connectivity index (χ1n) is 7.90. The molecule has 0 radical (unpaired) electrons. The Kier molecular flexibility index (Phi) is 3.50. The molecular formula is C20H18N2S. The van der Waals surface area contributed by atoms with Gasteiger partial charge in [0, 0.05) is 22.8 Å². The number of rotatable bonds is 1. The SMILES string of the molecule is C[C@H]1Cc2ccccc2N1C(=S)Nc1cccc2ccccc12. The van der Waals surface area contributed by atoms with E-state index in [2.05, 4.69) is 83.9 Å². The highest BCUT2D eigenvalue weighted by Gasteiger charge is 2.28.